The molecule has 1 aromatic rings. The van der Waals surface area contributed by atoms with Crippen molar-refractivity contribution in [3.8, 4) is 0 Å². The summed E-state index contributed by atoms with van der Waals surface area (Å²) in [6.07, 6.45) is 1.77. The van der Waals surface area contributed by atoms with Gasteiger partial charge in [0.25, 0.3) is 0 Å². The Kier molecular flexibility index (Phi) is 5.19. The normalized spacial score (nSPS) is 13.3. The Morgan fingerprint density at radius 1 is 1.47 bits per heavy atom. The minimum Gasteiger partial charge on any atom is -0.394 e. The lowest BCUT2D eigenvalue weighted by atomic mass is 10.1. The number of benzene rings is 1. The molecule has 0 aliphatic rings. The van der Waals surface area contributed by atoms with Crippen LogP contribution in [0.4, 0.5) is 0 Å². The van der Waals surface area contributed by atoms with Crippen LogP contribution >= 0.6 is 11.6 Å². The van der Waals surface area contributed by atoms with Crippen molar-refractivity contribution in [2.45, 2.75) is 19.9 Å². The van der Waals surface area contributed by atoms with E-state index < -0.39 is 0 Å². The van der Waals surface area contributed by atoms with Crippen LogP contribution in [0.25, 0.3) is 6.08 Å². The van der Waals surface area contributed by atoms with Gasteiger partial charge in [-0.1, -0.05) is 23.7 Å². The fraction of sp³-hybridized carbons (Fsp3) is 0.308. The maximum Gasteiger partial charge on any atom is 0.247 e. The summed E-state index contributed by atoms with van der Waals surface area (Å²) < 4.78 is 0. The molecule has 1 rings (SSSR count). The number of nitrogens with one attached hydrogen (secondary N) is 1. The molecule has 4 heteroatoms. The van der Waals surface area contributed by atoms with E-state index in [0.29, 0.717) is 10.6 Å². The molecule has 0 unspecified atom stereocenters. The molecule has 2 N–H and O–H groups in total. The van der Waals surface area contributed by atoms with Gasteiger partial charge in [0.05, 0.1) is 6.61 Å². The van der Waals surface area contributed by atoms with Gasteiger partial charge in [-0.3, -0.25) is 4.79 Å². The van der Waals surface area contributed by atoms with E-state index in [1.54, 1.807) is 32.1 Å². The molecule has 0 saturated carbocycles. The SMILES string of the molecule is C/C(=C\c1ccc(Cl)cc1)C(=O)N[C@@H](C)CO. The number of aliphatic hydroxyl groups is 1. The molecular formula is C13H16ClNO2. The van der Waals surface area contributed by atoms with Gasteiger partial charge < -0.3 is 10.4 Å². The molecule has 1 amide bonds. The van der Waals surface area contributed by atoms with Gasteiger partial charge in [0.2, 0.25) is 5.91 Å². The number of hydrogen-bond acceptors (Lipinski definition) is 2. The molecule has 1 atom stereocenters. The van der Waals surface area contributed by atoms with E-state index in [0.717, 1.165) is 5.56 Å². The zero-order chi connectivity index (χ0) is 12.8. The van der Waals surface area contributed by atoms with Crippen LogP contribution in [0.2, 0.25) is 5.02 Å². The standard InChI is InChI=1S/C13H16ClNO2/c1-9(13(17)15-10(2)8-16)7-11-3-5-12(14)6-4-11/h3-7,10,16H,8H2,1-2H3,(H,15,17)/b9-7+/t10-/m0/s1. The van der Waals surface area contributed by atoms with Crippen LogP contribution in [0.1, 0.15) is 19.4 Å². The molecule has 0 fully saturated rings. The molecule has 0 aliphatic carbocycles. The first-order valence-corrected chi connectivity index (χ1v) is 5.76. The second-order valence-electron chi connectivity index (χ2n) is 3.94. The number of halogens is 1. The maximum atomic E-state index is 11.7. The van der Waals surface area contributed by atoms with Crippen LogP contribution in [0, 0.1) is 0 Å². The number of hydrogen-bond donors (Lipinski definition) is 2. The summed E-state index contributed by atoms with van der Waals surface area (Å²) in [5.74, 6) is -0.179. The Bertz CT molecular complexity index is 412. The maximum absolute atomic E-state index is 11.7. The van der Waals surface area contributed by atoms with E-state index >= 15 is 0 Å². The molecule has 0 heterocycles. The first-order chi connectivity index (χ1) is 8.02. The highest BCUT2D eigenvalue weighted by Gasteiger charge is 2.07. The van der Waals surface area contributed by atoms with Crippen molar-refractivity contribution in [1.82, 2.24) is 5.32 Å². The highest BCUT2D eigenvalue weighted by Crippen LogP contribution is 2.12. The average molecular weight is 254 g/mol. The molecule has 17 heavy (non-hydrogen) atoms. The molecular weight excluding hydrogens is 238 g/mol. The summed E-state index contributed by atoms with van der Waals surface area (Å²) in [7, 11) is 0. The third kappa shape index (κ3) is 4.59. The first-order valence-electron chi connectivity index (χ1n) is 5.38. The van der Waals surface area contributed by atoms with Crippen LogP contribution in [0.5, 0.6) is 0 Å². The Balaban J connectivity index is 2.71. The highest BCUT2D eigenvalue weighted by molar-refractivity contribution is 6.30. The van der Waals surface area contributed by atoms with Crippen molar-refractivity contribution in [1.29, 1.82) is 0 Å². The Morgan fingerprint density at radius 2 is 2.06 bits per heavy atom. The Morgan fingerprint density at radius 3 is 2.59 bits per heavy atom. The smallest absolute Gasteiger partial charge is 0.247 e. The number of amides is 1. The molecule has 0 spiro atoms. The molecule has 1 aromatic carbocycles. The zero-order valence-corrected chi connectivity index (χ0v) is 10.7. The van der Waals surface area contributed by atoms with Gasteiger partial charge in [0, 0.05) is 16.6 Å². The summed E-state index contributed by atoms with van der Waals surface area (Å²) in [5.41, 5.74) is 1.51. The van der Waals surface area contributed by atoms with Crippen LogP contribution < -0.4 is 5.32 Å². The van der Waals surface area contributed by atoms with Gasteiger partial charge in [-0.25, -0.2) is 0 Å². The fourth-order valence-corrected chi connectivity index (χ4v) is 1.38. The summed E-state index contributed by atoms with van der Waals surface area (Å²) >= 11 is 5.77. The highest BCUT2D eigenvalue weighted by atomic mass is 35.5. The van der Waals surface area contributed by atoms with E-state index in [9.17, 15) is 4.79 Å². The Hall–Kier alpha value is -1.32. The van der Waals surface area contributed by atoms with E-state index in [4.69, 9.17) is 16.7 Å². The predicted octanol–water partition coefficient (Wildman–Crippen LogP) is 2.24. The number of aliphatic hydroxyl groups excluding tert-OH is 1. The third-order valence-electron chi connectivity index (χ3n) is 2.26. The van der Waals surface area contributed by atoms with Crippen molar-refractivity contribution in [2.75, 3.05) is 6.61 Å². The minimum atomic E-state index is -0.240. The monoisotopic (exact) mass is 253 g/mol. The summed E-state index contributed by atoms with van der Waals surface area (Å²) in [5, 5.41) is 12.2. The van der Waals surface area contributed by atoms with Crippen LogP contribution in [-0.2, 0) is 4.79 Å². The van der Waals surface area contributed by atoms with Crippen molar-refractivity contribution >= 4 is 23.6 Å². The van der Waals surface area contributed by atoms with Gasteiger partial charge in [0.1, 0.15) is 0 Å². The van der Waals surface area contributed by atoms with E-state index in [1.807, 2.05) is 12.1 Å². The van der Waals surface area contributed by atoms with Gasteiger partial charge in [-0.2, -0.15) is 0 Å². The van der Waals surface area contributed by atoms with Crippen molar-refractivity contribution in [2.24, 2.45) is 0 Å². The molecule has 0 bridgehead atoms. The fourth-order valence-electron chi connectivity index (χ4n) is 1.26. The predicted molar refractivity (Wildman–Crippen MR) is 69.8 cm³/mol. The lowest BCUT2D eigenvalue weighted by Crippen LogP contribution is -2.35. The van der Waals surface area contributed by atoms with Crippen LogP contribution in [0.15, 0.2) is 29.8 Å². The Labute approximate surface area is 106 Å². The summed E-state index contributed by atoms with van der Waals surface area (Å²) in [6.45, 7) is 3.40. The number of rotatable bonds is 4. The second kappa shape index (κ2) is 6.42. The first kappa shape index (κ1) is 13.7. The van der Waals surface area contributed by atoms with Gasteiger partial charge >= 0.3 is 0 Å². The number of carbonyl (C=O) groups excluding carboxylic acids is 1. The largest absolute Gasteiger partial charge is 0.394 e. The molecule has 92 valence electrons. The second-order valence-corrected chi connectivity index (χ2v) is 4.37. The van der Waals surface area contributed by atoms with Crippen molar-refractivity contribution in [3.05, 3.63) is 40.4 Å². The van der Waals surface area contributed by atoms with E-state index in [1.165, 1.54) is 0 Å². The van der Waals surface area contributed by atoms with Gasteiger partial charge in [0.15, 0.2) is 0 Å². The molecule has 3 nitrogen and oxygen atoms in total. The summed E-state index contributed by atoms with van der Waals surface area (Å²) in [4.78, 5) is 11.7. The average Bonchev–Trinajstić information content (AvgIpc) is 2.31. The van der Waals surface area contributed by atoms with E-state index in [-0.39, 0.29) is 18.6 Å². The quantitative estimate of drug-likeness (QED) is 0.809. The van der Waals surface area contributed by atoms with Crippen molar-refractivity contribution < 1.29 is 9.90 Å². The lowest BCUT2D eigenvalue weighted by molar-refractivity contribution is -0.118. The molecule has 0 aromatic heterocycles. The topological polar surface area (TPSA) is 49.3 Å². The molecule has 0 saturated heterocycles. The zero-order valence-electron chi connectivity index (χ0n) is 9.90. The third-order valence-corrected chi connectivity index (χ3v) is 2.51. The van der Waals surface area contributed by atoms with Crippen LogP contribution in [0.3, 0.4) is 0 Å². The summed E-state index contributed by atoms with van der Waals surface area (Å²) in [6, 6.07) is 6.99. The van der Waals surface area contributed by atoms with Gasteiger partial charge in [-0.05, 0) is 37.6 Å². The van der Waals surface area contributed by atoms with Crippen molar-refractivity contribution in [3.63, 3.8) is 0 Å². The van der Waals surface area contributed by atoms with Crippen LogP contribution in [-0.4, -0.2) is 23.7 Å². The molecule has 0 radical (unpaired) electrons. The number of carbonyl (C=O) groups is 1. The lowest BCUT2D eigenvalue weighted by Gasteiger charge is -2.10. The van der Waals surface area contributed by atoms with E-state index in [2.05, 4.69) is 5.32 Å². The minimum absolute atomic E-state index is 0.0695. The molecule has 0 aliphatic heterocycles. The van der Waals surface area contributed by atoms with Gasteiger partial charge in [-0.15, -0.1) is 0 Å².